The fourth-order valence-electron chi connectivity index (χ4n) is 6.29. The van der Waals surface area contributed by atoms with Crippen LogP contribution in [-0.2, 0) is 20.8 Å². The van der Waals surface area contributed by atoms with Gasteiger partial charge in [-0.15, -0.1) is 69.1 Å². The first-order valence-electron chi connectivity index (χ1n) is 17.2. The number of benzene rings is 6. The van der Waals surface area contributed by atoms with E-state index in [2.05, 4.69) is 209 Å². The van der Waals surface area contributed by atoms with Gasteiger partial charge in [0, 0.05) is 9.52 Å². The monoisotopic (exact) mass is 844 g/mol. The van der Waals surface area contributed by atoms with Gasteiger partial charge in [0.25, 0.3) is 0 Å². The molecule has 0 amide bonds. The van der Waals surface area contributed by atoms with Crippen LogP contribution in [0.3, 0.4) is 0 Å². The Morgan fingerprint density at radius 3 is 0.981 bits per heavy atom. The first-order chi connectivity index (χ1) is 25.5. The number of halogens is 2. The molecule has 258 valence electrons. The molecule has 0 aliphatic heterocycles. The third-order valence-corrected chi connectivity index (χ3v) is 13.3. The van der Waals surface area contributed by atoms with Gasteiger partial charge in [0.05, 0.1) is 0 Å². The molecule has 0 saturated carbocycles. The first kappa shape index (κ1) is 40.3. The SMILES string of the molecule is C[Si]C.Cc1cc2c(P(c3ccccc3)c3ccccc3)cccc2[cH-]1.Cc1cc2c(P(c3ccccc3)c3ccccc3)cccc2[cH-]1.[Cl][Zr+2][Cl]. The molecule has 0 bridgehead atoms. The fraction of sp³-hybridized carbons (Fsp3) is 0.0870. The van der Waals surface area contributed by atoms with E-state index in [1.165, 1.54) is 64.5 Å². The van der Waals surface area contributed by atoms with Crippen LogP contribution >= 0.6 is 32.9 Å². The predicted molar refractivity (Wildman–Crippen MR) is 235 cm³/mol. The minimum atomic E-state index is -0.826. The zero-order valence-electron chi connectivity index (χ0n) is 30.0. The first-order valence-corrected chi connectivity index (χ1v) is 28.2. The van der Waals surface area contributed by atoms with Crippen molar-refractivity contribution in [2.24, 2.45) is 0 Å². The Bertz CT molecular complexity index is 1980. The molecule has 0 atom stereocenters. The summed E-state index contributed by atoms with van der Waals surface area (Å²) in [6.45, 7) is 8.66. The predicted octanol–water partition coefficient (Wildman–Crippen LogP) is 11.4. The summed E-state index contributed by atoms with van der Waals surface area (Å²) in [4.78, 5) is 0. The van der Waals surface area contributed by atoms with E-state index in [1.807, 2.05) is 0 Å². The second-order valence-electron chi connectivity index (χ2n) is 12.2. The van der Waals surface area contributed by atoms with Crippen molar-refractivity contribution < 1.29 is 20.8 Å². The molecule has 0 fully saturated rings. The van der Waals surface area contributed by atoms with Crippen LogP contribution in [0.2, 0.25) is 13.1 Å². The number of hydrogen-bond acceptors (Lipinski definition) is 0. The van der Waals surface area contributed by atoms with Gasteiger partial charge in [-0.1, -0.05) is 171 Å². The van der Waals surface area contributed by atoms with Crippen LogP contribution in [0.4, 0.5) is 0 Å². The summed E-state index contributed by atoms with van der Waals surface area (Å²) in [5.74, 6) is 0. The van der Waals surface area contributed by atoms with E-state index < -0.39 is 36.7 Å². The molecule has 0 aliphatic carbocycles. The van der Waals surface area contributed by atoms with Crippen molar-refractivity contribution in [3.63, 3.8) is 0 Å². The summed E-state index contributed by atoms with van der Waals surface area (Å²) in [6, 6.07) is 66.2. The topological polar surface area (TPSA) is 0 Å². The molecule has 0 saturated heterocycles. The molecule has 52 heavy (non-hydrogen) atoms. The van der Waals surface area contributed by atoms with Gasteiger partial charge < -0.3 is 0 Å². The molecule has 6 heteroatoms. The van der Waals surface area contributed by atoms with Gasteiger partial charge in [-0.25, -0.2) is 0 Å². The third-order valence-electron chi connectivity index (χ3n) is 8.28. The van der Waals surface area contributed by atoms with Crippen LogP contribution in [0.25, 0.3) is 21.5 Å². The van der Waals surface area contributed by atoms with Gasteiger partial charge in [0.2, 0.25) is 0 Å². The Kier molecular flexibility index (Phi) is 16.3. The van der Waals surface area contributed by atoms with Crippen LogP contribution in [-0.4, -0.2) is 9.52 Å². The van der Waals surface area contributed by atoms with E-state index in [0.717, 1.165) is 9.52 Å². The Hall–Kier alpha value is -2.92. The van der Waals surface area contributed by atoms with Crippen LogP contribution < -0.4 is 31.8 Å². The second-order valence-corrected chi connectivity index (χ2v) is 21.3. The molecular formula is C46H42Cl2P2SiZr. The maximum atomic E-state index is 4.93. The molecule has 8 aromatic rings. The molecule has 0 aliphatic rings. The van der Waals surface area contributed by atoms with Crippen molar-refractivity contribution in [2.45, 2.75) is 26.9 Å². The summed E-state index contributed by atoms with van der Waals surface area (Å²) in [5.41, 5.74) is 2.67. The van der Waals surface area contributed by atoms with Crippen LogP contribution in [0.15, 0.2) is 182 Å². The van der Waals surface area contributed by atoms with Gasteiger partial charge in [0.15, 0.2) is 0 Å². The Morgan fingerprint density at radius 2 is 0.712 bits per heavy atom. The molecule has 0 unspecified atom stereocenters. The number of hydrogen-bond donors (Lipinski definition) is 0. The molecule has 0 aromatic heterocycles. The van der Waals surface area contributed by atoms with E-state index in [-0.39, 0.29) is 0 Å². The van der Waals surface area contributed by atoms with E-state index in [0.29, 0.717) is 0 Å². The molecule has 8 aromatic carbocycles. The van der Waals surface area contributed by atoms with Crippen LogP contribution in [0.5, 0.6) is 0 Å². The van der Waals surface area contributed by atoms with E-state index >= 15 is 0 Å². The van der Waals surface area contributed by atoms with Gasteiger partial charge in [-0.3, -0.25) is 0 Å². The number of fused-ring (bicyclic) bond motifs is 2. The van der Waals surface area contributed by atoms with E-state index in [4.69, 9.17) is 17.0 Å². The number of rotatable bonds is 6. The van der Waals surface area contributed by atoms with Gasteiger partial charge in [-0.2, -0.15) is 12.1 Å². The molecular weight excluding hydrogens is 805 g/mol. The zero-order chi connectivity index (χ0) is 36.7. The molecule has 0 spiro atoms. The van der Waals surface area contributed by atoms with Crippen molar-refractivity contribution in [1.82, 2.24) is 0 Å². The zero-order valence-corrected chi connectivity index (χ0v) is 36.7. The summed E-state index contributed by atoms with van der Waals surface area (Å²) in [5, 5.41) is 14.0. The van der Waals surface area contributed by atoms with Crippen LogP contribution in [0, 0.1) is 13.8 Å². The normalized spacial score (nSPS) is 10.5. The van der Waals surface area contributed by atoms with Crippen molar-refractivity contribution in [1.29, 1.82) is 0 Å². The van der Waals surface area contributed by atoms with Crippen molar-refractivity contribution >= 4 is 95.8 Å². The Morgan fingerprint density at radius 1 is 0.442 bits per heavy atom. The van der Waals surface area contributed by atoms with Crippen molar-refractivity contribution in [2.75, 3.05) is 0 Å². The Labute approximate surface area is 334 Å². The quantitative estimate of drug-likeness (QED) is 0.0889. The van der Waals surface area contributed by atoms with Crippen molar-refractivity contribution in [3.05, 3.63) is 193 Å². The third kappa shape index (κ3) is 10.6. The van der Waals surface area contributed by atoms with E-state index in [9.17, 15) is 0 Å². The molecule has 0 nitrogen and oxygen atoms in total. The minimum absolute atomic E-state index is 0.532. The number of aryl methyl sites for hydroxylation is 2. The summed E-state index contributed by atoms with van der Waals surface area (Å²) in [6.07, 6.45) is 0. The van der Waals surface area contributed by atoms with Gasteiger partial charge in [0.1, 0.15) is 0 Å². The standard InChI is InChI=1S/2C22H18P.C2H6Si.2ClH.Zr/c2*1-17-15-18-9-8-14-22(21(18)16-17)23(19-10-4-2-5-11-19)20-12-6-3-7-13-20;1-3-2;;;/h2*2-16H,1H3;1-2H3;2*1H;/q2*-1;;;;+4/p-2. The summed E-state index contributed by atoms with van der Waals surface area (Å²) >= 11 is -0.826. The van der Waals surface area contributed by atoms with Gasteiger partial charge >= 0.3 is 37.9 Å². The Balaban J connectivity index is 0.000000175. The summed E-state index contributed by atoms with van der Waals surface area (Å²) < 4.78 is 0. The van der Waals surface area contributed by atoms with Crippen LogP contribution in [0.1, 0.15) is 11.1 Å². The molecule has 0 N–H and O–H groups in total. The molecule has 8 rings (SSSR count). The average Bonchev–Trinajstić information content (AvgIpc) is 3.76. The summed E-state index contributed by atoms with van der Waals surface area (Å²) in [7, 11) is 9.89. The maximum absolute atomic E-state index is 4.93. The molecule has 2 radical (unpaired) electrons. The average molecular weight is 847 g/mol. The molecule has 0 heterocycles. The van der Waals surface area contributed by atoms with Crippen molar-refractivity contribution in [3.8, 4) is 0 Å². The second kappa shape index (κ2) is 21.1. The fourth-order valence-corrected chi connectivity index (χ4v) is 11.2. The van der Waals surface area contributed by atoms with Gasteiger partial charge in [-0.05, 0) is 37.1 Å². The van der Waals surface area contributed by atoms with E-state index in [1.54, 1.807) is 0 Å².